The van der Waals surface area contributed by atoms with E-state index < -0.39 is 21.6 Å². The largest absolute Gasteiger partial charge is 0.468 e. The molecule has 4 rings (SSSR count). The first-order valence-electron chi connectivity index (χ1n) is 10.8. The first kappa shape index (κ1) is 23.5. The molecule has 1 heterocycles. The van der Waals surface area contributed by atoms with Crippen LogP contribution in [0.5, 0.6) is 0 Å². The van der Waals surface area contributed by atoms with Crippen LogP contribution in [0.25, 0.3) is 21.7 Å². The van der Waals surface area contributed by atoms with Crippen LogP contribution in [-0.4, -0.2) is 37.7 Å². The number of sulfone groups is 1. The van der Waals surface area contributed by atoms with Gasteiger partial charge in [-0.1, -0.05) is 36.4 Å². The van der Waals surface area contributed by atoms with Gasteiger partial charge < -0.3 is 14.6 Å². The minimum atomic E-state index is -3.79. The fourth-order valence-electron chi connectivity index (χ4n) is 4.19. The van der Waals surface area contributed by atoms with E-state index in [1.165, 1.54) is 12.1 Å². The van der Waals surface area contributed by atoms with Crippen molar-refractivity contribution >= 4 is 43.4 Å². The van der Waals surface area contributed by atoms with Gasteiger partial charge in [-0.05, 0) is 60.0 Å². The fourth-order valence-corrected chi connectivity index (χ4v) is 5.33. The number of nitrogens with one attached hydrogen (secondary N) is 1. The van der Waals surface area contributed by atoms with Crippen LogP contribution in [0.3, 0.4) is 0 Å². The van der Waals surface area contributed by atoms with E-state index in [1.807, 2.05) is 36.7 Å². The summed E-state index contributed by atoms with van der Waals surface area (Å²) in [6.07, 6.45) is 0. The maximum atomic E-state index is 13.1. The second kappa shape index (κ2) is 8.95. The predicted molar refractivity (Wildman–Crippen MR) is 132 cm³/mol. The number of hydrogen-bond acceptors (Lipinski definition) is 5. The van der Waals surface area contributed by atoms with E-state index in [1.54, 1.807) is 12.1 Å². The van der Waals surface area contributed by atoms with Gasteiger partial charge in [-0.25, -0.2) is 8.42 Å². The Labute approximate surface area is 198 Å². The summed E-state index contributed by atoms with van der Waals surface area (Å²) in [7, 11) is -0.772. The zero-order chi connectivity index (χ0) is 24.6. The van der Waals surface area contributed by atoms with E-state index in [9.17, 15) is 18.0 Å². The molecule has 176 valence electrons. The topological polar surface area (TPSA) is 94.5 Å². The number of esters is 1. The third-order valence-corrected chi connectivity index (χ3v) is 7.74. The van der Waals surface area contributed by atoms with Gasteiger partial charge in [-0.3, -0.25) is 9.59 Å². The smallest absolute Gasteiger partial charge is 0.321 e. The lowest BCUT2D eigenvalue weighted by Gasteiger charge is -2.15. The maximum Gasteiger partial charge on any atom is 0.321 e. The lowest BCUT2D eigenvalue weighted by molar-refractivity contribution is -0.137. The maximum absolute atomic E-state index is 13.1. The minimum Gasteiger partial charge on any atom is -0.468 e. The molecule has 0 fully saturated rings. The molecule has 1 atom stereocenters. The van der Waals surface area contributed by atoms with Crippen molar-refractivity contribution in [1.29, 1.82) is 0 Å². The number of aromatic nitrogens is 1. The zero-order valence-corrected chi connectivity index (χ0v) is 20.3. The second-order valence-electron chi connectivity index (χ2n) is 8.36. The summed E-state index contributed by atoms with van der Waals surface area (Å²) < 4.78 is 31.0. The van der Waals surface area contributed by atoms with Crippen LogP contribution >= 0.6 is 0 Å². The highest BCUT2D eigenvalue weighted by Gasteiger charge is 2.21. The average molecular weight is 479 g/mol. The van der Waals surface area contributed by atoms with Crippen LogP contribution in [0.4, 0.5) is 0 Å². The SMILES string of the molecule is COC(=O)CS(=O)(=O)c1ccc([C@@H](C)NC(=O)c2cc3c4ccccc4c(C)cc3n2C)cc1. The van der Waals surface area contributed by atoms with Gasteiger partial charge in [0, 0.05) is 18.0 Å². The summed E-state index contributed by atoms with van der Waals surface area (Å²) in [6.45, 7) is 3.89. The number of ether oxygens (including phenoxy) is 1. The number of methoxy groups -OCH3 is 1. The molecule has 34 heavy (non-hydrogen) atoms. The van der Waals surface area contributed by atoms with Crippen LogP contribution in [0.15, 0.2) is 65.6 Å². The van der Waals surface area contributed by atoms with Crippen molar-refractivity contribution in [3.05, 3.63) is 77.5 Å². The number of benzene rings is 3. The van der Waals surface area contributed by atoms with Crippen molar-refractivity contribution in [1.82, 2.24) is 9.88 Å². The van der Waals surface area contributed by atoms with Crippen LogP contribution < -0.4 is 5.32 Å². The number of fused-ring (bicyclic) bond motifs is 3. The normalized spacial score (nSPS) is 12.6. The van der Waals surface area contributed by atoms with Gasteiger partial charge in [-0.2, -0.15) is 0 Å². The van der Waals surface area contributed by atoms with E-state index in [-0.39, 0.29) is 16.8 Å². The highest BCUT2D eigenvalue weighted by molar-refractivity contribution is 7.92. The Morgan fingerprint density at radius 3 is 2.29 bits per heavy atom. The van der Waals surface area contributed by atoms with Crippen molar-refractivity contribution < 1.29 is 22.7 Å². The Morgan fingerprint density at radius 1 is 1.00 bits per heavy atom. The lowest BCUT2D eigenvalue weighted by Crippen LogP contribution is -2.28. The highest BCUT2D eigenvalue weighted by Crippen LogP contribution is 2.30. The average Bonchev–Trinajstić information content (AvgIpc) is 3.15. The van der Waals surface area contributed by atoms with E-state index in [0.717, 1.165) is 39.9 Å². The van der Waals surface area contributed by atoms with E-state index in [2.05, 4.69) is 35.2 Å². The fraction of sp³-hybridized carbons (Fsp3) is 0.231. The molecule has 0 saturated carbocycles. The molecule has 0 aliphatic rings. The van der Waals surface area contributed by atoms with Gasteiger partial charge in [0.25, 0.3) is 5.91 Å². The Morgan fingerprint density at radius 2 is 1.65 bits per heavy atom. The molecule has 0 saturated heterocycles. The molecule has 4 aromatic rings. The third kappa shape index (κ3) is 4.28. The van der Waals surface area contributed by atoms with E-state index in [4.69, 9.17) is 0 Å². The third-order valence-electron chi connectivity index (χ3n) is 6.13. The van der Waals surface area contributed by atoms with Gasteiger partial charge in [0.05, 0.1) is 18.0 Å². The van der Waals surface area contributed by atoms with Crippen LogP contribution in [0.1, 0.15) is 34.6 Å². The molecule has 0 spiro atoms. The number of carbonyl (C=O) groups excluding carboxylic acids is 2. The molecular formula is C26H26N2O5S. The first-order valence-corrected chi connectivity index (χ1v) is 12.5. The molecule has 0 aliphatic carbocycles. The summed E-state index contributed by atoms with van der Waals surface area (Å²) in [4.78, 5) is 24.5. The van der Waals surface area contributed by atoms with Gasteiger partial charge in [0.15, 0.2) is 15.6 Å². The molecule has 0 radical (unpaired) electrons. The number of nitrogens with zero attached hydrogens (tertiary/aromatic N) is 1. The number of rotatable bonds is 6. The van der Waals surface area contributed by atoms with Gasteiger partial charge >= 0.3 is 5.97 Å². The van der Waals surface area contributed by atoms with Gasteiger partial charge in [0.1, 0.15) is 5.69 Å². The molecule has 1 amide bonds. The molecule has 7 nitrogen and oxygen atoms in total. The van der Waals surface area contributed by atoms with Crippen molar-refractivity contribution in [2.24, 2.45) is 7.05 Å². The highest BCUT2D eigenvalue weighted by atomic mass is 32.2. The summed E-state index contributed by atoms with van der Waals surface area (Å²) in [5.41, 5.74) is 3.40. The standard InChI is InChI=1S/C26H26N2O5S/c1-16-13-23-22(21-8-6-5-7-20(16)21)14-24(28(23)3)26(30)27-17(2)18-9-11-19(12-10-18)34(31,32)15-25(29)33-4/h5-14,17H,15H2,1-4H3,(H,27,30)/t17-/m1/s1. The molecule has 0 aliphatic heterocycles. The first-order chi connectivity index (χ1) is 16.1. The van der Waals surface area contributed by atoms with E-state index >= 15 is 0 Å². The quantitative estimate of drug-likeness (QED) is 0.422. The summed E-state index contributed by atoms with van der Waals surface area (Å²) >= 11 is 0. The van der Waals surface area contributed by atoms with Crippen molar-refractivity contribution in [2.75, 3.05) is 12.9 Å². The number of amides is 1. The lowest BCUT2D eigenvalue weighted by atomic mass is 10.0. The van der Waals surface area contributed by atoms with Gasteiger partial charge in [-0.15, -0.1) is 0 Å². The van der Waals surface area contributed by atoms with Crippen molar-refractivity contribution in [3.8, 4) is 0 Å². The molecule has 0 unspecified atom stereocenters. The van der Waals surface area contributed by atoms with Crippen LogP contribution in [-0.2, 0) is 26.4 Å². The summed E-state index contributed by atoms with van der Waals surface area (Å²) in [5.74, 6) is -1.76. The zero-order valence-electron chi connectivity index (χ0n) is 19.5. The molecular weight excluding hydrogens is 452 g/mol. The Bertz CT molecular complexity index is 1520. The number of hydrogen-bond donors (Lipinski definition) is 1. The Balaban J connectivity index is 1.58. The van der Waals surface area contributed by atoms with Crippen molar-refractivity contribution in [2.45, 2.75) is 24.8 Å². The van der Waals surface area contributed by atoms with Crippen LogP contribution in [0, 0.1) is 6.92 Å². The van der Waals surface area contributed by atoms with Crippen molar-refractivity contribution in [3.63, 3.8) is 0 Å². The number of carbonyl (C=O) groups is 2. The Kier molecular flexibility index (Phi) is 6.18. The summed E-state index contributed by atoms with van der Waals surface area (Å²) in [5, 5.41) is 6.27. The molecule has 1 N–H and O–H groups in total. The molecule has 3 aromatic carbocycles. The molecule has 1 aromatic heterocycles. The Hall–Kier alpha value is -3.65. The molecule has 8 heteroatoms. The summed E-state index contributed by atoms with van der Waals surface area (Å²) in [6, 6.07) is 17.9. The second-order valence-corrected chi connectivity index (χ2v) is 10.3. The predicted octanol–water partition coefficient (Wildman–Crippen LogP) is 4.08. The minimum absolute atomic E-state index is 0.0242. The van der Waals surface area contributed by atoms with Gasteiger partial charge in [0.2, 0.25) is 0 Å². The van der Waals surface area contributed by atoms with E-state index in [0.29, 0.717) is 5.69 Å². The monoisotopic (exact) mass is 478 g/mol. The van der Waals surface area contributed by atoms with Crippen LogP contribution in [0.2, 0.25) is 0 Å². The number of aryl methyl sites for hydroxylation is 2. The molecule has 0 bridgehead atoms.